The van der Waals surface area contributed by atoms with Crippen LogP contribution in [0.5, 0.6) is 0 Å². The monoisotopic (exact) mass is 768 g/mol. The van der Waals surface area contributed by atoms with E-state index in [0.29, 0.717) is 19.3 Å². The Bertz CT molecular complexity index is 1040. The first kappa shape index (κ1) is 52.3. The van der Waals surface area contributed by atoms with E-state index in [1.165, 1.54) is 77.0 Å². The zero-order valence-electron chi connectivity index (χ0n) is 35.8. The number of rotatable bonds is 39. The zero-order valence-corrected chi connectivity index (χ0v) is 35.8. The molecule has 0 aromatic carbocycles. The number of allylic oxidation sites excluding steroid dienone is 12. The van der Waals surface area contributed by atoms with E-state index in [1.54, 1.807) is 0 Å². The number of hydrogen-bond donors (Lipinski definition) is 3. The summed E-state index contributed by atoms with van der Waals surface area (Å²) in [5.41, 5.74) is 0. The molecule has 0 aromatic rings. The third-order valence-corrected chi connectivity index (χ3v) is 9.88. The Balaban J connectivity index is 4.72. The van der Waals surface area contributed by atoms with Gasteiger partial charge in [0.2, 0.25) is 5.91 Å². The Hall–Kier alpha value is -2.70. The number of hydrogen-bond acceptors (Lipinski definition) is 5. The van der Waals surface area contributed by atoms with Gasteiger partial charge in [0.1, 0.15) is 6.10 Å². The van der Waals surface area contributed by atoms with E-state index in [9.17, 15) is 19.8 Å². The highest BCUT2D eigenvalue weighted by Crippen LogP contribution is 2.16. The number of ether oxygens (including phenoxy) is 1. The maximum absolute atomic E-state index is 13.1. The predicted octanol–water partition coefficient (Wildman–Crippen LogP) is 13.1. The van der Waals surface area contributed by atoms with Gasteiger partial charge in [-0.3, -0.25) is 9.59 Å². The van der Waals surface area contributed by atoms with E-state index < -0.39 is 18.2 Å². The van der Waals surface area contributed by atoms with Gasteiger partial charge in [-0.1, -0.05) is 203 Å². The molecule has 0 saturated heterocycles. The van der Waals surface area contributed by atoms with Gasteiger partial charge in [0.15, 0.2) is 0 Å². The van der Waals surface area contributed by atoms with Gasteiger partial charge in [0.25, 0.3) is 0 Å². The average molecular weight is 768 g/mol. The molecule has 0 spiro atoms. The minimum absolute atomic E-state index is 0.0224. The first-order chi connectivity index (χ1) is 27.0. The Morgan fingerprint density at radius 2 is 1.05 bits per heavy atom. The summed E-state index contributed by atoms with van der Waals surface area (Å²) in [6.07, 6.45) is 52.5. The lowest BCUT2D eigenvalue weighted by Gasteiger charge is -2.24. The molecule has 0 fully saturated rings. The molecule has 0 aliphatic carbocycles. The second-order valence-electron chi connectivity index (χ2n) is 15.2. The van der Waals surface area contributed by atoms with Crippen molar-refractivity contribution in [1.82, 2.24) is 5.32 Å². The van der Waals surface area contributed by atoms with Crippen LogP contribution in [-0.4, -0.2) is 46.9 Å². The van der Waals surface area contributed by atoms with Crippen LogP contribution in [0, 0.1) is 0 Å². The van der Waals surface area contributed by atoms with Gasteiger partial charge in [-0.15, -0.1) is 0 Å². The Kier molecular flexibility index (Phi) is 40.4. The van der Waals surface area contributed by atoms with E-state index in [-0.39, 0.29) is 24.9 Å². The van der Waals surface area contributed by atoms with Crippen molar-refractivity contribution in [3.8, 4) is 0 Å². The molecule has 6 nitrogen and oxygen atoms in total. The van der Waals surface area contributed by atoms with Crippen LogP contribution < -0.4 is 5.32 Å². The first-order valence-electron chi connectivity index (χ1n) is 22.7. The molecule has 55 heavy (non-hydrogen) atoms. The van der Waals surface area contributed by atoms with Gasteiger partial charge < -0.3 is 20.3 Å². The normalized spacial score (nSPS) is 14.1. The standard InChI is InChI=1S/C49H85NO5/c1-4-7-10-13-16-19-22-24-26-28-31-34-37-40-45(55-49(54)42-39-36-33-30-21-18-15-12-9-6-3)43-48(53)50-46(44-51)47(52)41-38-35-32-29-27-25-23-20-17-14-11-8-5-2/h7,10,12-13,15-16,19,22,24,26,28,31,45-47,51-52H,4-6,8-9,11,14,17-18,20-21,23,25,27,29-30,32-44H2,1-3H3,(H,50,53)/b10-7+,15-12-,16-13+,22-19-,26-24-,31-28+. The van der Waals surface area contributed by atoms with Crippen LogP contribution in [0.4, 0.5) is 0 Å². The molecule has 316 valence electrons. The minimum atomic E-state index is -0.808. The summed E-state index contributed by atoms with van der Waals surface area (Å²) >= 11 is 0. The number of unbranched alkanes of at least 4 members (excludes halogenated alkanes) is 19. The van der Waals surface area contributed by atoms with Gasteiger partial charge in [-0.2, -0.15) is 0 Å². The molecule has 6 heteroatoms. The number of carbonyl (C=O) groups excluding carboxylic acids is 2. The number of esters is 1. The fourth-order valence-corrected chi connectivity index (χ4v) is 6.46. The summed E-state index contributed by atoms with van der Waals surface area (Å²) in [6, 6.07) is -0.727. The van der Waals surface area contributed by atoms with Gasteiger partial charge in [-0.05, 0) is 57.8 Å². The highest BCUT2D eigenvalue weighted by atomic mass is 16.5. The van der Waals surface area contributed by atoms with Crippen molar-refractivity contribution in [3.63, 3.8) is 0 Å². The average Bonchev–Trinajstić information content (AvgIpc) is 3.18. The largest absolute Gasteiger partial charge is 0.462 e. The molecule has 0 aliphatic rings. The molecule has 0 heterocycles. The Labute approximate surface area is 339 Å². The smallest absolute Gasteiger partial charge is 0.306 e. The van der Waals surface area contributed by atoms with E-state index in [0.717, 1.165) is 77.0 Å². The van der Waals surface area contributed by atoms with Crippen molar-refractivity contribution in [1.29, 1.82) is 0 Å². The molecule has 0 rings (SSSR count). The Morgan fingerprint density at radius 1 is 0.545 bits per heavy atom. The number of amides is 1. The molecule has 0 saturated carbocycles. The third-order valence-electron chi connectivity index (χ3n) is 9.88. The summed E-state index contributed by atoms with van der Waals surface area (Å²) in [5.74, 6) is -0.565. The molecule has 3 unspecified atom stereocenters. The topological polar surface area (TPSA) is 95.9 Å². The minimum Gasteiger partial charge on any atom is -0.462 e. The number of nitrogens with one attached hydrogen (secondary N) is 1. The van der Waals surface area contributed by atoms with E-state index in [1.807, 2.05) is 48.6 Å². The number of aliphatic hydroxyl groups is 2. The van der Waals surface area contributed by atoms with E-state index >= 15 is 0 Å². The van der Waals surface area contributed by atoms with Crippen molar-refractivity contribution >= 4 is 11.9 Å². The lowest BCUT2D eigenvalue weighted by molar-refractivity contribution is -0.151. The van der Waals surface area contributed by atoms with Crippen molar-refractivity contribution in [2.24, 2.45) is 0 Å². The van der Waals surface area contributed by atoms with Gasteiger partial charge in [-0.25, -0.2) is 0 Å². The summed E-state index contributed by atoms with van der Waals surface area (Å²) in [6.45, 7) is 6.23. The summed E-state index contributed by atoms with van der Waals surface area (Å²) in [7, 11) is 0. The molecule has 3 atom stereocenters. The SMILES string of the molecule is CC/C=C/C=C/C=C\C=C/C=C/CCCC(CC(=O)NC(CO)C(O)CCCCCCCCCCCCCCC)OC(=O)CCCCCCC/C=C\CCC. The lowest BCUT2D eigenvalue weighted by atomic mass is 10.0. The van der Waals surface area contributed by atoms with Crippen molar-refractivity contribution < 1.29 is 24.5 Å². The molecule has 0 bridgehead atoms. The van der Waals surface area contributed by atoms with E-state index in [4.69, 9.17) is 4.74 Å². The van der Waals surface area contributed by atoms with Crippen molar-refractivity contribution in [2.75, 3.05) is 6.61 Å². The molecule has 0 aromatic heterocycles. The molecule has 0 radical (unpaired) electrons. The van der Waals surface area contributed by atoms with Crippen LogP contribution in [0.25, 0.3) is 0 Å². The second kappa shape index (κ2) is 42.4. The molecular formula is C49H85NO5. The van der Waals surface area contributed by atoms with E-state index in [2.05, 4.69) is 50.4 Å². The van der Waals surface area contributed by atoms with Crippen LogP contribution >= 0.6 is 0 Å². The number of aliphatic hydroxyl groups excluding tert-OH is 2. The lowest BCUT2D eigenvalue weighted by Crippen LogP contribution is -2.46. The molecule has 3 N–H and O–H groups in total. The van der Waals surface area contributed by atoms with Crippen LogP contribution in [0.2, 0.25) is 0 Å². The summed E-state index contributed by atoms with van der Waals surface area (Å²) in [4.78, 5) is 25.9. The number of carbonyl (C=O) groups is 2. The first-order valence-corrected chi connectivity index (χ1v) is 22.7. The van der Waals surface area contributed by atoms with Gasteiger partial charge in [0, 0.05) is 6.42 Å². The maximum atomic E-state index is 13.1. The van der Waals surface area contributed by atoms with Crippen LogP contribution in [0.3, 0.4) is 0 Å². The fraction of sp³-hybridized carbons (Fsp3) is 0.714. The predicted molar refractivity (Wildman–Crippen MR) is 236 cm³/mol. The summed E-state index contributed by atoms with van der Waals surface area (Å²) in [5, 5.41) is 23.6. The van der Waals surface area contributed by atoms with Gasteiger partial charge in [0.05, 0.1) is 25.2 Å². The van der Waals surface area contributed by atoms with Crippen molar-refractivity contribution in [2.45, 2.75) is 219 Å². The van der Waals surface area contributed by atoms with Crippen LogP contribution in [0.1, 0.15) is 201 Å². The summed E-state index contributed by atoms with van der Waals surface area (Å²) < 4.78 is 5.85. The molecular weight excluding hydrogens is 683 g/mol. The highest BCUT2D eigenvalue weighted by molar-refractivity contribution is 5.77. The zero-order chi connectivity index (χ0) is 40.3. The maximum Gasteiger partial charge on any atom is 0.306 e. The Morgan fingerprint density at radius 3 is 1.64 bits per heavy atom. The third kappa shape index (κ3) is 38.0. The quantitative estimate of drug-likeness (QED) is 0.0250. The second-order valence-corrected chi connectivity index (χ2v) is 15.2. The van der Waals surface area contributed by atoms with Crippen LogP contribution in [0.15, 0.2) is 72.9 Å². The van der Waals surface area contributed by atoms with Crippen LogP contribution in [-0.2, 0) is 14.3 Å². The van der Waals surface area contributed by atoms with Gasteiger partial charge >= 0.3 is 5.97 Å². The van der Waals surface area contributed by atoms with Crippen molar-refractivity contribution in [3.05, 3.63) is 72.9 Å². The molecule has 1 amide bonds. The fourth-order valence-electron chi connectivity index (χ4n) is 6.46. The highest BCUT2D eigenvalue weighted by Gasteiger charge is 2.24. The molecule has 0 aliphatic heterocycles.